The number of rotatable bonds is 9. The number of ether oxygens (including phenoxy) is 1. The summed E-state index contributed by atoms with van der Waals surface area (Å²) in [5.41, 5.74) is 1.20. The zero-order chi connectivity index (χ0) is 16.4. The number of hydrogen-bond acceptors (Lipinski definition) is 3. The van der Waals surface area contributed by atoms with Gasteiger partial charge in [0.05, 0.1) is 13.0 Å². The van der Waals surface area contributed by atoms with Gasteiger partial charge in [0, 0.05) is 19.5 Å². The fourth-order valence-electron chi connectivity index (χ4n) is 2.21. The van der Waals surface area contributed by atoms with Gasteiger partial charge in [0.15, 0.2) is 0 Å². The number of hydrogen-bond donors (Lipinski definition) is 0. The lowest BCUT2D eigenvalue weighted by Gasteiger charge is -2.23. The molecule has 0 atom stereocenters. The quantitative estimate of drug-likeness (QED) is 0.659. The largest absolute Gasteiger partial charge is 0.466 e. The first-order chi connectivity index (χ1) is 10.5. The number of benzene rings is 1. The molecule has 0 unspecified atom stereocenters. The molecule has 0 aliphatic carbocycles. The van der Waals surface area contributed by atoms with Gasteiger partial charge in [-0.15, -0.1) is 0 Å². The van der Waals surface area contributed by atoms with Gasteiger partial charge in [-0.3, -0.25) is 9.59 Å². The average molecular weight is 305 g/mol. The summed E-state index contributed by atoms with van der Waals surface area (Å²) in [7, 11) is 0. The van der Waals surface area contributed by atoms with Crippen LogP contribution in [0, 0.1) is 5.92 Å². The van der Waals surface area contributed by atoms with Crippen LogP contribution in [0.15, 0.2) is 30.3 Å². The van der Waals surface area contributed by atoms with Crippen molar-refractivity contribution in [2.75, 3.05) is 19.7 Å². The van der Waals surface area contributed by atoms with Gasteiger partial charge in [-0.2, -0.15) is 0 Å². The highest BCUT2D eigenvalue weighted by molar-refractivity contribution is 5.77. The first-order valence-corrected chi connectivity index (χ1v) is 8.00. The molecule has 1 rings (SSSR count). The normalized spacial score (nSPS) is 10.5. The van der Waals surface area contributed by atoms with Gasteiger partial charge < -0.3 is 9.64 Å². The molecule has 0 spiro atoms. The van der Waals surface area contributed by atoms with Crippen LogP contribution in [0.2, 0.25) is 0 Å². The summed E-state index contributed by atoms with van der Waals surface area (Å²) in [4.78, 5) is 25.6. The summed E-state index contributed by atoms with van der Waals surface area (Å²) in [6.45, 7) is 7.28. The lowest BCUT2D eigenvalue weighted by molar-refractivity contribution is -0.144. The van der Waals surface area contributed by atoms with Crippen LogP contribution in [-0.4, -0.2) is 36.5 Å². The van der Waals surface area contributed by atoms with E-state index in [1.54, 1.807) is 11.8 Å². The van der Waals surface area contributed by atoms with Gasteiger partial charge in [-0.25, -0.2) is 0 Å². The Balaban J connectivity index is 2.57. The third kappa shape index (κ3) is 7.25. The Morgan fingerprint density at radius 2 is 1.82 bits per heavy atom. The second-order valence-electron chi connectivity index (χ2n) is 5.77. The first-order valence-electron chi connectivity index (χ1n) is 8.00. The molecule has 0 aromatic heterocycles. The number of carbonyl (C=O) groups is 2. The summed E-state index contributed by atoms with van der Waals surface area (Å²) in [5, 5.41) is 0. The predicted octanol–water partition coefficient (Wildman–Crippen LogP) is 3.06. The molecule has 0 radical (unpaired) electrons. The molecule has 22 heavy (non-hydrogen) atoms. The van der Waals surface area contributed by atoms with Crippen molar-refractivity contribution < 1.29 is 14.3 Å². The third-order valence-corrected chi connectivity index (χ3v) is 3.34. The zero-order valence-corrected chi connectivity index (χ0v) is 13.9. The number of amides is 1. The zero-order valence-electron chi connectivity index (χ0n) is 13.9. The topological polar surface area (TPSA) is 46.6 Å². The molecule has 0 saturated carbocycles. The van der Waals surface area contributed by atoms with Crippen LogP contribution in [-0.2, 0) is 20.7 Å². The van der Waals surface area contributed by atoms with Crippen molar-refractivity contribution >= 4 is 11.9 Å². The van der Waals surface area contributed by atoms with Crippen LogP contribution < -0.4 is 0 Å². The van der Waals surface area contributed by atoms with Crippen LogP contribution in [0.25, 0.3) is 0 Å². The summed E-state index contributed by atoms with van der Waals surface area (Å²) >= 11 is 0. The maximum atomic E-state index is 12.3. The van der Waals surface area contributed by atoms with Crippen molar-refractivity contribution in [2.24, 2.45) is 5.92 Å². The van der Waals surface area contributed by atoms with Crippen molar-refractivity contribution in [2.45, 2.75) is 40.0 Å². The fraction of sp³-hybridized carbons (Fsp3) is 0.556. The predicted molar refractivity (Wildman–Crippen MR) is 87.4 cm³/mol. The fourth-order valence-corrected chi connectivity index (χ4v) is 2.21. The van der Waals surface area contributed by atoms with E-state index in [0.29, 0.717) is 32.0 Å². The van der Waals surface area contributed by atoms with E-state index in [9.17, 15) is 9.59 Å². The molecule has 4 nitrogen and oxygen atoms in total. The third-order valence-electron chi connectivity index (χ3n) is 3.34. The van der Waals surface area contributed by atoms with Gasteiger partial charge in [-0.05, 0) is 24.8 Å². The Bertz CT molecular complexity index is 457. The Labute approximate surface area is 133 Å². The van der Waals surface area contributed by atoms with Crippen molar-refractivity contribution in [3.63, 3.8) is 0 Å². The minimum Gasteiger partial charge on any atom is -0.466 e. The molecule has 0 fully saturated rings. The molecule has 0 aliphatic heterocycles. The maximum Gasteiger partial charge on any atom is 0.307 e. The highest BCUT2D eigenvalue weighted by Crippen LogP contribution is 2.08. The van der Waals surface area contributed by atoms with Gasteiger partial charge >= 0.3 is 5.97 Å². The Morgan fingerprint density at radius 3 is 2.41 bits per heavy atom. The van der Waals surface area contributed by atoms with E-state index < -0.39 is 0 Å². The molecule has 1 aromatic rings. The lowest BCUT2D eigenvalue weighted by Crippen LogP contribution is -2.35. The van der Waals surface area contributed by atoms with Gasteiger partial charge in [0.2, 0.25) is 5.91 Å². The molecule has 0 bridgehead atoms. The standard InChI is InChI=1S/C18H27NO3/c1-4-22-18(21)11-13-19(17(20)14-15(2)3)12-10-16-8-6-5-7-9-16/h5-9,15H,4,10-14H2,1-3H3. The second-order valence-corrected chi connectivity index (χ2v) is 5.77. The lowest BCUT2D eigenvalue weighted by atomic mass is 10.1. The number of nitrogens with zero attached hydrogens (tertiary/aromatic N) is 1. The summed E-state index contributed by atoms with van der Waals surface area (Å²) in [6, 6.07) is 10.1. The van der Waals surface area contributed by atoms with E-state index in [4.69, 9.17) is 4.74 Å². The van der Waals surface area contributed by atoms with E-state index in [1.807, 2.05) is 32.0 Å². The van der Waals surface area contributed by atoms with E-state index in [2.05, 4.69) is 12.1 Å². The van der Waals surface area contributed by atoms with E-state index in [1.165, 1.54) is 5.56 Å². The van der Waals surface area contributed by atoms with Crippen molar-refractivity contribution in [1.82, 2.24) is 4.90 Å². The number of esters is 1. The minimum absolute atomic E-state index is 0.107. The van der Waals surface area contributed by atoms with Crippen molar-refractivity contribution in [3.8, 4) is 0 Å². The molecular weight excluding hydrogens is 278 g/mol. The van der Waals surface area contributed by atoms with E-state index in [-0.39, 0.29) is 18.3 Å². The van der Waals surface area contributed by atoms with Crippen LogP contribution in [0.5, 0.6) is 0 Å². The van der Waals surface area contributed by atoms with Crippen LogP contribution in [0.1, 0.15) is 39.2 Å². The second kappa shape index (κ2) is 9.98. The molecule has 0 N–H and O–H groups in total. The Hall–Kier alpha value is -1.84. The van der Waals surface area contributed by atoms with Crippen LogP contribution in [0.4, 0.5) is 0 Å². The summed E-state index contributed by atoms with van der Waals surface area (Å²) < 4.78 is 4.94. The summed E-state index contributed by atoms with van der Waals surface area (Å²) in [5.74, 6) is 0.175. The summed E-state index contributed by atoms with van der Waals surface area (Å²) in [6.07, 6.45) is 1.57. The Morgan fingerprint density at radius 1 is 1.14 bits per heavy atom. The van der Waals surface area contributed by atoms with E-state index >= 15 is 0 Å². The molecule has 0 saturated heterocycles. The van der Waals surface area contributed by atoms with E-state index in [0.717, 1.165) is 6.42 Å². The molecule has 0 aliphatic rings. The van der Waals surface area contributed by atoms with Gasteiger partial charge in [0.25, 0.3) is 0 Å². The van der Waals surface area contributed by atoms with Crippen molar-refractivity contribution in [1.29, 1.82) is 0 Å². The number of carbonyl (C=O) groups excluding carboxylic acids is 2. The van der Waals surface area contributed by atoms with Gasteiger partial charge in [0.1, 0.15) is 0 Å². The molecule has 1 aromatic carbocycles. The Kier molecular flexibility index (Phi) is 8.26. The van der Waals surface area contributed by atoms with Gasteiger partial charge in [-0.1, -0.05) is 44.2 Å². The van der Waals surface area contributed by atoms with Crippen molar-refractivity contribution in [3.05, 3.63) is 35.9 Å². The van der Waals surface area contributed by atoms with Crippen LogP contribution >= 0.6 is 0 Å². The monoisotopic (exact) mass is 305 g/mol. The average Bonchev–Trinajstić information content (AvgIpc) is 2.47. The van der Waals surface area contributed by atoms with Crippen LogP contribution in [0.3, 0.4) is 0 Å². The molecular formula is C18H27NO3. The highest BCUT2D eigenvalue weighted by atomic mass is 16.5. The molecule has 4 heteroatoms. The first kappa shape index (κ1) is 18.2. The minimum atomic E-state index is -0.246. The molecule has 122 valence electrons. The molecule has 0 heterocycles. The maximum absolute atomic E-state index is 12.3. The highest BCUT2D eigenvalue weighted by Gasteiger charge is 2.16. The smallest absolute Gasteiger partial charge is 0.307 e. The molecule has 1 amide bonds. The SMILES string of the molecule is CCOC(=O)CCN(CCc1ccccc1)C(=O)CC(C)C.